The summed E-state index contributed by atoms with van der Waals surface area (Å²) in [5.41, 5.74) is 1.52. The smallest absolute Gasteiger partial charge is 0.266 e. The molecule has 6 heteroatoms. The van der Waals surface area contributed by atoms with Crippen LogP contribution in [0, 0.1) is 0 Å². The number of phenols is 1. The molecule has 0 radical (unpaired) electrons. The number of hydrogen-bond acceptors (Lipinski definition) is 5. The van der Waals surface area contributed by atoms with Crippen molar-refractivity contribution in [1.82, 2.24) is 4.90 Å². The van der Waals surface area contributed by atoms with Gasteiger partial charge in [-0.3, -0.25) is 9.69 Å². The number of methoxy groups -OCH3 is 1. The van der Waals surface area contributed by atoms with Gasteiger partial charge in [-0.1, -0.05) is 49.3 Å². The van der Waals surface area contributed by atoms with Crippen LogP contribution in [0.1, 0.15) is 43.2 Å². The summed E-state index contributed by atoms with van der Waals surface area (Å²) in [5, 5.41) is 10.2. The van der Waals surface area contributed by atoms with Crippen LogP contribution in [0.4, 0.5) is 0 Å². The zero-order valence-corrected chi connectivity index (χ0v) is 16.5. The standard InChI is InChI=1S/C20H23NO3S2/c1-3-7-14-10-13(11-16(24-2)18(14)22)12-17-19(23)21(20(25)26-17)15-8-5-4-6-9-15/h3,10-12,15,22H,1,4-9H2,2H3/b17-12-. The number of amides is 1. The molecule has 26 heavy (non-hydrogen) atoms. The summed E-state index contributed by atoms with van der Waals surface area (Å²) >= 11 is 6.83. The van der Waals surface area contributed by atoms with Crippen LogP contribution < -0.4 is 4.74 Å². The number of aromatic hydroxyl groups is 1. The Labute approximate surface area is 163 Å². The Morgan fingerprint density at radius 1 is 1.38 bits per heavy atom. The summed E-state index contributed by atoms with van der Waals surface area (Å²) in [6.45, 7) is 3.72. The van der Waals surface area contributed by atoms with Crippen LogP contribution in [0.25, 0.3) is 6.08 Å². The molecule has 1 amide bonds. The van der Waals surface area contributed by atoms with Crippen LogP contribution in [-0.2, 0) is 11.2 Å². The SMILES string of the molecule is C=CCc1cc(/C=C2\SC(=S)N(C3CCCCC3)C2=O)cc(OC)c1O. The normalized spacial score (nSPS) is 20.0. The highest BCUT2D eigenvalue weighted by atomic mass is 32.2. The van der Waals surface area contributed by atoms with E-state index in [4.69, 9.17) is 17.0 Å². The number of rotatable bonds is 5. The van der Waals surface area contributed by atoms with Crippen LogP contribution in [0.5, 0.6) is 11.5 Å². The number of carbonyl (C=O) groups is 1. The Balaban J connectivity index is 1.90. The fourth-order valence-corrected chi connectivity index (χ4v) is 4.92. The Morgan fingerprint density at radius 2 is 2.12 bits per heavy atom. The number of carbonyl (C=O) groups excluding carboxylic acids is 1. The highest BCUT2D eigenvalue weighted by molar-refractivity contribution is 8.26. The average molecular weight is 390 g/mol. The van der Waals surface area contributed by atoms with E-state index in [0.29, 0.717) is 27.0 Å². The first-order chi connectivity index (χ1) is 12.5. The first kappa shape index (κ1) is 19.0. The maximum absolute atomic E-state index is 12.9. The lowest BCUT2D eigenvalue weighted by atomic mass is 9.94. The van der Waals surface area contributed by atoms with Crippen molar-refractivity contribution in [3.63, 3.8) is 0 Å². The summed E-state index contributed by atoms with van der Waals surface area (Å²) in [7, 11) is 1.51. The van der Waals surface area contributed by atoms with E-state index in [0.717, 1.165) is 31.2 Å². The summed E-state index contributed by atoms with van der Waals surface area (Å²) in [6.07, 6.45) is 9.67. The van der Waals surface area contributed by atoms with Gasteiger partial charge in [0.1, 0.15) is 4.32 Å². The summed E-state index contributed by atoms with van der Waals surface area (Å²) in [6, 6.07) is 3.81. The molecule has 1 heterocycles. The average Bonchev–Trinajstić information content (AvgIpc) is 2.92. The molecule has 2 fully saturated rings. The molecule has 138 valence electrons. The molecule has 1 aliphatic carbocycles. The van der Waals surface area contributed by atoms with Crippen molar-refractivity contribution >= 4 is 40.3 Å². The molecule has 4 nitrogen and oxygen atoms in total. The molecule has 1 saturated carbocycles. The van der Waals surface area contributed by atoms with Crippen LogP contribution in [0.3, 0.4) is 0 Å². The third kappa shape index (κ3) is 3.81. The second kappa shape index (κ2) is 8.27. The lowest BCUT2D eigenvalue weighted by molar-refractivity contribution is -0.124. The van der Waals surface area contributed by atoms with Crippen molar-refractivity contribution in [3.05, 3.63) is 40.8 Å². The van der Waals surface area contributed by atoms with E-state index in [1.807, 2.05) is 12.1 Å². The molecule has 0 unspecified atom stereocenters. The summed E-state index contributed by atoms with van der Waals surface area (Å²) < 4.78 is 5.90. The van der Waals surface area contributed by atoms with Gasteiger partial charge in [0.05, 0.1) is 12.0 Å². The van der Waals surface area contributed by atoms with Gasteiger partial charge >= 0.3 is 0 Å². The molecule has 0 bridgehead atoms. The van der Waals surface area contributed by atoms with Gasteiger partial charge in [-0.15, -0.1) is 6.58 Å². The minimum absolute atomic E-state index is 0.00999. The van der Waals surface area contributed by atoms with Gasteiger partial charge in [0.25, 0.3) is 5.91 Å². The Hall–Kier alpha value is -1.79. The molecule has 1 aliphatic heterocycles. The van der Waals surface area contributed by atoms with Crippen molar-refractivity contribution in [2.75, 3.05) is 7.11 Å². The Bertz CT molecular complexity index is 767. The molecule has 3 rings (SSSR count). The fraction of sp³-hybridized carbons (Fsp3) is 0.400. The van der Waals surface area contributed by atoms with Gasteiger partial charge in [-0.05, 0) is 43.0 Å². The summed E-state index contributed by atoms with van der Waals surface area (Å²) in [5.74, 6) is 0.488. The number of ether oxygens (including phenoxy) is 1. The minimum atomic E-state index is -0.00999. The third-order valence-corrected chi connectivity index (χ3v) is 6.15. The van der Waals surface area contributed by atoms with E-state index in [1.165, 1.54) is 25.3 Å². The van der Waals surface area contributed by atoms with Crippen LogP contribution >= 0.6 is 24.0 Å². The zero-order chi connectivity index (χ0) is 18.7. The highest BCUT2D eigenvalue weighted by Crippen LogP contribution is 2.39. The molecule has 1 N–H and O–H groups in total. The molecular weight excluding hydrogens is 366 g/mol. The van der Waals surface area contributed by atoms with E-state index < -0.39 is 0 Å². The molecule has 1 aromatic rings. The van der Waals surface area contributed by atoms with Gasteiger partial charge in [-0.2, -0.15) is 0 Å². The van der Waals surface area contributed by atoms with Gasteiger partial charge in [-0.25, -0.2) is 0 Å². The summed E-state index contributed by atoms with van der Waals surface area (Å²) in [4.78, 5) is 15.3. The number of allylic oxidation sites excluding steroid dienone is 1. The largest absolute Gasteiger partial charge is 0.504 e. The van der Waals surface area contributed by atoms with Gasteiger partial charge in [0, 0.05) is 11.6 Å². The number of thiocarbonyl (C=S) groups is 1. The molecule has 0 aromatic heterocycles. The number of hydrogen-bond donors (Lipinski definition) is 1. The van der Waals surface area contributed by atoms with Crippen molar-refractivity contribution in [2.45, 2.75) is 44.6 Å². The zero-order valence-electron chi connectivity index (χ0n) is 14.9. The lowest BCUT2D eigenvalue weighted by Gasteiger charge is -2.29. The van der Waals surface area contributed by atoms with Crippen molar-refractivity contribution in [2.24, 2.45) is 0 Å². The second-order valence-electron chi connectivity index (χ2n) is 6.57. The van der Waals surface area contributed by atoms with Gasteiger partial charge < -0.3 is 9.84 Å². The second-order valence-corrected chi connectivity index (χ2v) is 8.24. The monoisotopic (exact) mass is 389 g/mol. The Morgan fingerprint density at radius 3 is 2.77 bits per heavy atom. The predicted molar refractivity (Wildman–Crippen MR) is 110 cm³/mol. The lowest BCUT2D eigenvalue weighted by Crippen LogP contribution is -2.39. The third-order valence-electron chi connectivity index (χ3n) is 4.82. The molecule has 2 aliphatic rings. The molecule has 1 aromatic carbocycles. The minimum Gasteiger partial charge on any atom is -0.504 e. The van der Waals surface area contributed by atoms with Crippen molar-refractivity contribution in [3.8, 4) is 11.5 Å². The topological polar surface area (TPSA) is 49.8 Å². The number of thioether (sulfide) groups is 1. The maximum Gasteiger partial charge on any atom is 0.266 e. The molecule has 0 spiro atoms. The van der Waals surface area contributed by atoms with Gasteiger partial charge in [0.15, 0.2) is 11.5 Å². The number of nitrogens with zero attached hydrogens (tertiary/aromatic N) is 1. The maximum atomic E-state index is 12.9. The van der Waals surface area contributed by atoms with Crippen LogP contribution in [0.2, 0.25) is 0 Å². The van der Waals surface area contributed by atoms with Crippen LogP contribution in [0.15, 0.2) is 29.7 Å². The van der Waals surface area contributed by atoms with E-state index in [-0.39, 0.29) is 17.7 Å². The number of benzene rings is 1. The van der Waals surface area contributed by atoms with E-state index in [1.54, 1.807) is 17.0 Å². The molecule has 1 saturated heterocycles. The predicted octanol–water partition coefficient (Wildman–Crippen LogP) is 4.66. The van der Waals surface area contributed by atoms with Crippen molar-refractivity contribution in [1.29, 1.82) is 0 Å². The first-order valence-corrected chi connectivity index (χ1v) is 10.1. The van der Waals surface area contributed by atoms with E-state index >= 15 is 0 Å². The first-order valence-electron chi connectivity index (χ1n) is 8.83. The van der Waals surface area contributed by atoms with Gasteiger partial charge in [0.2, 0.25) is 0 Å². The van der Waals surface area contributed by atoms with Crippen molar-refractivity contribution < 1.29 is 14.6 Å². The fourth-order valence-electron chi connectivity index (χ4n) is 3.52. The molecular formula is C20H23NO3S2. The Kier molecular flexibility index (Phi) is 6.04. The van der Waals surface area contributed by atoms with E-state index in [2.05, 4.69) is 6.58 Å². The van der Waals surface area contributed by atoms with E-state index in [9.17, 15) is 9.90 Å². The molecule has 0 atom stereocenters. The highest BCUT2D eigenvalue weighted by Gasteiger charge is 2.37. The van der Waals surface area contributed by atoms with Crippen LogP contribution in [-0.4, -0.2) is 33.4 Å². The quantitative estimate of drug-likeness (QED) is 0.451. The number of phenolic OH excluding ortho intramolecular Hbond substituents is 1.